The number of halogens is 6. The molecule has 0 amide bonds. The van der Waals surface area contributed by atoms with Crippen molar-refractivity contribution in [2.75, 3.05) is 0 Å². The third-order valence-electron chi connectivity index (χ3n) is 1.10. The normalized spacial score (nSPS) is 11.6. The second-order valence-electron chi connectivity index (χ2n) is 2.09. The molecule has 2 nitrogen and oxygen atoms in total. The first-order valence-corrected chi connectivity index (χ1v) is 4.93. The van der Waals surface area contributed by atoms with Crippen LogP contribution >= 0.6 is 38.5 Å². The largest absolute Gasteiger partial charge is 0.574 e. The Hall–Kier alpha value is -0.120. The third kappa shape index (κ3) is 2.94. The monoisotopic (exact) mass is 385 g/mol. The predicted molar refractivity (Wildman–Crippen MR) is 51.3 cm³/mol. The van der Waals surface area contributed by atoms with Gasteiger partial charge in [0.05, 0.1) is 4.47 Å². The lowest BCUT2D eigenvalue weighted by molar-refractivity contribution is -0.276. The van der Waals surface area contributed by atoms with Crippen molar-refractivity contribution in [3.63, 3.8) is 0 Å². The maximum absolute atomic E-state index is 13.0. The van der Waals surface area contributed by atoms with Crippen molar-refractivity contribution < 1.29 is 22.3 Å². The quantitative estimate of drug-likeness (QED) is 0.545. The Morgan fingerprint density at radius 2 is 2.00 bits per heavy atom. The number of rotatable bonds is 1. The highest BCUT2D eigenvalue weighted by Gasteiger charge is 2.33. The van der Waals surface area contributed by atoms with E-state index < -0.39 is 18.1 Å². The average Bonchev–Trinajstić information content (AvgIpc) is 2.04. The number of hydrogen-bond donors (Lipinski definition) is 0. The first-order chi connectivity index (χ1) is 6.31. The molecular formula is C6HBrF4INO. The molecule has 0 aliphatic rings. The molecule has 8 heteroatoms. The summed E-state index contributed by atoms with van der Waals surface area (Å²) in [6.07, 6.45) is -3.97. The van der Waals surface area contributed by atoms with Crippen molar-refractivity contribution in [3.8, 4) is 5.88 Å². The molecule has 1 heterocycles. The maximum Gasteiger partial charge on any atom is 0.574 e. The molecule has 0 radical (unpaired) electrons. The van der Waals surface area contributed by atoms with Crippen molar-refractivity contribution in [3.05, 3.63) is 20.1 Å². The van der Waals surface area contributed by atoms with E-state index in [0.717, 1.165) is 6.20 Å². The van der Waals surface area contributed by atoms with E-state index in [1.54, 1.807) is 0 Å². The summed E-state index contributed by atoms with van der Waals surface area (Å²) in [7, 11) is 0. The van der Waals surface area contributed by atoms with Gasteiger partial charge < -0.3 is 4.74 Å². The van der Waals surface area contributed by atoms with Gasteiger partial charge >= 0.3 is 6.36 Å². The van der Waals surface area contributed by atoms with Crippen LogP contribution in [0.5, 0.6) is 5.88 Å². The van der Waals surface area contributed by atoms with Gasteiger partial charge in [0.15, 0.2) is 5.82 Å². The number of nitrogens with zero attached hydrogens (tertiary/aromatic N) is 1. The molecule has 1 aromatic heterocycles. The van der Waals surface area contributed by atoms with Gasteiger partial charge in [-0.05, 0) is 38.5 Å². The molecule has 14 heavy (non-hydrogen) atoms. The van der Waals surface area contributed by atoms with E-state index in [9.17, 15) is 17.6 Å². The summed E-state index contributed by atoms with van der Waals surface area (Å²) in [6.45, 7) is 0. The standard InChI is InChI=1S/C6HBrF4INO/c7-2-1-13-5(4(12)3(2)8)14-6(9,10)11/h1H. The molecule has 0 atom stereocenters. The van der Waals surface area contributed by atoms with E-state index in [4.69, 9.17) is 0 Å². The third-order valence-corrected chi connectivity index (χ3v) is 2.59. The molecule has 0 aliphatic carbocycles. The topological polar surface area (TPSA) is 22.1 Å². The Morgan fingerprint density at radius 3 is 2.50 bits per heavy atom. The van der Waals surface area contributed by atoms with Gasteiger partial charge in [-0.3, -0.25) is 0 Å². The summed E-state index contributed by atoms with van der Waals surface area (Å²) in [5, 5.41) is 0. The van der Waals surface area contributed by atoms with E-state index in [-0.39, 0.29) is 8.04 Å². The summed E-state index contributed by atoms with van der Waals surface area (Å²) in [5.74, 6) is -1.63. The second-order valence-corrected chi connectivity index (χ2v) is 4.02. The lowest BCUT2D eigenvalue weighted by Gasteiger charge is -2.09. The van der Waals surface area contributed by atoms with Gasteiger partial charge in [0.1, 0.15) is 3.57 Å². The zero-order chi connectivity index (χ0) is 10.9. The van der Waals surface area contributed by atoms with Crippen LogP contribution in [0.15, 0.2) is 10.7 Å². The highest BCUT2D eigenvalue weighted by Crippen LogP contribution is 2.30. The lowest BCUT2D eigenvalue weighted by atomic mass is 10.5. The van der Waals surface area contributed by atoms with E-state index in [1.165, 1.54) is 22.6 Å². The van der Waals surface area contributed by atoms with E-state index in [1.807, 2.05) is 0 Å². The van der Waals surface area contributed by atoms with Gasteiger partial charge in [-0.25, -0.2) is 9.37 Å². The number of aromatic nitrogens is 1. The minimum atomic E-state index is -4.87. The van der Waals surface area contributed by atoms with E-state index in [2.05, 4.69) is 25.7 Å². The zero-order valence-electron chi connectivity index (χ0n) is 6.20. The molecule has 0 unspecified atom stereocenters. The van der Waals surface area contributed by atoms with Gasteiger partial charge in [0.2, 0.25) is 5.88 Å². The van der Waals surface area contributed by atoms with Gasteiger partial charge in [-0.2, -0.15) is 0 Å². The maximum atomic E-state index is 13.0. The minimum Gasteiger partial charge on any atom is -0.387 e. The van der Waals surface area contributed by atoms with Gasteiger partial charge in [0.25, 0.3) is 0 Å². The second kappa shape index (κ2) is 4.17. The zero-order valence-corrected chi connectivity index (χ0v) is 9.94. The fraction of sp³-hybridized carbons (Fsp3) is 0.167. The Kier molecular flexibility index (Phi) is 3.56. The molecule has 0 saturated heterocycles. The smallest absolute Gasteiger partial charge is 0.387 e. The van der Waals surface area contributed by atoms with Crippen molar-refractivity contribution in [2.45, 2.75) is 6.36 Å². The summed E-state index contributed by atoms with van der Waals surface area (Å²) in [4.78, 5) is 3.29. The fourth-order valence-corrected chi connectivity index (χ4v) is 1.82. The van der Waals surface area contributed by atoms with E-state index in [0.29, 0.717) is 0 Å². The number of hydrogen-bond acceptors (Lipinski definition) is 2. The van der Waals surface area contributed by atoms with Crippen LogP contribution in [0.25, 0.3) is 0 Å². The summed E-state index contributed by atoms with van der Waals surface area (Å²) in [5.41, 5.74) is 0. The Morgan fingerprint density at radius 1 is 1.43 bits per heavy atom. The Bertz CT molecular complexity index is 356. The highest BCUT2D eigenvalue weighted by atomic mass is 127. The molecule has 0 aromatic carbocycles. The number of alkyl halides is 3. The lowest BCUT2D eigenvalue weighted by Crippen LogP contribution is -2.19. The van der Waals surface area contributed by atoms with Crippen LogP contribution in [0, 0.1) is 9.39 Å². The first-order valence-electron chi connectivity index (χ1n) is 3.06. The highest BCUT2D eigenvalue weighted by molar-refractivity contribution is 14.1. The molecule has 0 fully saturated rings. The Labute approximate surface area is 97.9 Å². The van der Waals surface area contributed by atoms with Crippen molar-refractivity contribution in [1.82, 2.24) is 4.98 Å². The molecule has 1 aromatic rings. The number of pyridine rings is 1. The van der Waals surface area contributed by atoms with Crippen molar-refractivity contribution in [1.29, 1.82) is 0 Å². The molecule has 0 spiro atoms. The molecule has 1 rings (SSSR count). The first kappa shape index (κ1) is 12.0. The van der Waals surface area contributed by atoms with Crippen LogP contribution in [-0.2, 0) is 0 Å². The Balaban J connectivity index is 3.06. The van der Waals surface area contributed by atoms with Crippen molar-refractivity contribution in [2.24, 2.45) is 0 Å². The van der Waals surface area contributed by atoms with Crippen LogP contribution in [0.3, 0.4) is 0 Å². The molecular weight excluding hydrogens is 385 g/mol. The molecule has 0 bridgehead atoms. The van der Waals surface area contributed by atoms with Gasteiger partial charge in [0, 0.05) is 6.20 Å². The predicted octanol–water partition coefficient (Wildman–Crippen LogP) is 3.49. The number of ether oxygens (including phenoxy) is 1. The van der Waals surface area contributed by atoms with Gasteiger partial charge in [-0.1, -0.05) is 0 Å². The van der Waals surface area contributed by atoms with Crippen LogP contribution in [0.4, 0.5) is 17.6 Å². The summed E-state index contributed by atoms with van der Waals surface area (Å²) >= 11 is 4.16. The molecule has 0 saturated carbocycles. The molecule has 78 valence electrons. The fourth-order valence-electron chi connectivity index (χ4n) is 0.608. The van der Waals surface area contributed by atoms with E-state index >= 15 is 0 Å². The van der Waals surface area contributed by atoms with Crippen LogP contribution < -0.4 is 4.74 Å². The van der Waals surface area contributed by atoms with Crippen LogP contribution in [0.1, 0.15) is 0 Å². The molecule has 0 aliphatic heterocycles. The average molecular weight is 386 g/mol. The summed E-state index contributed by atoms with van der Waals surface area (Å²) < 4.78 is 51.4. The molecule has 0 N–H and O–H groups in total. The van der Waals surface area contributed by atoms with Crippen molar-refractivity contribution >= 4 is 38.5 Å². The minimum absolute atomic E-state index is 0.0172. The summed E-state index contributed by atoms with van der Waals surface area (Å²) in [6, 6.07) is 0. The van der Waals surface area contributed by atoms with Crippen LogP contribution in [0.2, 0.25) is 0 Å². The van der Waals surface area contributed by atoms with Crippen LogP contribution in [-0.4, -0.2) is 11.3 Å². The SMILES string of the molecule is Fc1c(Br)cnc(OC(F)(F)F)c1I. The van der Waals surface area contributed by atoms with Gasteiger partial charge in [-0.15, -0.1) is 13.2 Å².